The van der Waals surface area contributed by atoms with Crippen molar-refractivity contribution in [2.24, 2.45) is 17.8 Å². The van der Waals surface area contributed by atoms with Gasteiger partial charge in [0.1, 0.15) is 0 Å². The molecular formula is C18H23NS. The van der Waals surface area contributed by atoms with Crippen molar-refractivity contribution in [2.75, 3.05) is 6.54 Å². The van der Waals surface area contributed by atoms with E-state index in [1.54, 1.807) is 5.56 Å². The minimum absolute atomic E-state index is 0.702. The molecule has 2 aliphatic carbocycles. The first kappa shape index (κ1) is 12.8. The number of rotatable bonds is 5. The van der Waals surface area contributed by atoms with E-state index in [1.165, 1.54) is 35.8 Å². The zero-order valence-electron chi connectivity index (χ0n) is 12.1. The molecule has 4 rings (SSSR count). The second-order valence-corrected chi connectivity index (χ2v) is 7.37. The second kappa shape index (κ2) is 5.16. The summed E-state index contributed by atoms with van der Waals surface area (Å²) < 4.78 is 1.44. The molecule has 0 radical (unpaired) electrons. The number of benzene rings is 1. The lowest BCUT2D eigenvalue weighted by molar-refractivity contribution is 0.412. The third-order valence-electron chi connectivity index (χ3n) is 5.40. The van der Waals surface area contributed by atoms with Crippen LogP contribution in [0.1, 0.15) is 31.7 Å². The Labute approximate surface area is 125 Å². The predicted molar refractivity (Wildman–Crippen MR) is 87.3 cm³/mol. The topological polar surface area (TPSA) is 12.0 Å². The van der Waals surface area contributed by atoms with Gasteiger partial charge in [-0.05, 0) is 66.0 Å². The normalized spacial score (nSPS) is 29.6. The minimum atomic E-state index is 0.702. The van der Waals surface area contributed by atoms with Gasteiger partial charge in [-0.3, -0.25) is 0 Å². The van der Waals surface area contributed by atoms with E-state index in [4.69, 9.17) is 0 Å². The Kier molecular flexibility index (Phi) is 3.31. The van der Waals surface area contributed by atoms with Crippen molar-refractivity contribution in [3.63, 3.8) is 0 Å². The van der Waals surface area contributed by atoms with Crippen LogP contribution < -0.4 is 5.32 Å². The van der Waals surface area contributed by atoms with Crippen LogP contribution in [-0.2, 0) is 6.42 Å². The smallest absolute Gasteiger partial charge is 0.0345 e. The Morgan fingerprint density at radius 3 is 2.85 bits per heavy atom. The molecule has 2 aromatic rings. The van der Waals surface area contributed by atoms with Crippen LogP contribution in [-0.4, -0.2) is 12.6 Å². The predicted octanol–water partition coefficient (Wildman–Crippen LogP) is 4.47. The molecule has 2 heteroatoms. The maximum atomic E-state index is 3.78. The molecule has 1 nitrogen and oxygen atoms in total. The summed E-state index contributed by atoms with van der Waals surface area (Å²) in [6, 6.07) is 9.56. The van der Waals surface area contributed by atoms with Gasteiger partial charge in [0, 0.05) is 10.7 Å². The van der Waals surface area contributed by atoms with E-state index in [-0.39, 0.29) is 0 Å². The fourth-order valence-corrected chi connectivity index (χ4v) is 5.48. The molecule has 0 aliphatic heterocycles. The van der Waals surface area contributed by atoms with Crippen LogP contribution in [0.2, 0.25) is 0 Å². The van der Waals surface area contributed by atoms with Crippen molar-refractivity contribution in [1.82, 2.24) is 5.32 Å². The molecule has 0 amide bonds. The summed E-state index contributed by atoms with van der Waals surface area (Å²) in [4.78, 5) is 0. The lowest BCUT2D eigenvalue weighted by Gasteiger charge is -2.19. The van der Waals surface area contributed by atoms with E-state index >= 15 is 0 Å². The molecule has 2 saturated carbocycles. The summed E-state index contributed by atoms with van der Waals surface area (Å²) in [6.07, 6.45) is 5.67. The van der Waals surface area contributed by atoms with Gasteiger partial charge in [-0.25, -0.2) is 0 Å². The van der Waals surface area contributed by atoms with Crippen molar-refractivity contribution in [1.29, 1.82) is 0 Å². The first-order chi connectivity index (χ1) is 9.88. The van der Waals surface area contributed by atoms with Gasteiger partial charge < -0.3 is 5.32 Å². The summed E-state index contributed by atoms with van der Waals surface area (Å²) in [5.41, 5.74) is 1.56. The summed E-state index contributed by atoms with van der Waals surface area (Å²) in [7, 11) is 0. The maximum absolute atomic E-state index is 3.78. The molecule has 1 aromatic heterocycles. The number of hydrogen-bond donors (Lipinski definition) is 1. The largest absolute Gasteiger partial charge is 0.314 e. The average molecular weight is 285 g/mol. The van der Waals surface area contributed by atoms with Crippen LogP contribution in [0.4, 0.5) is 0 Å². The molecule has 20 heavy (non-hydrogen) atoms. The van der Waals surface area contributed by atoms with Crippen LogP contribution in [0.5, 0.6) is 0 Å². The molecule has 1 aromatic carbocycles. The van der Waals surface area contributed by atoms with Crippen molar-refractivity contribution in [2.45, 2.75) is 38.6 Å². The molecule has 0 saturated heterocycles. The van der Waals surface area contributed by atoms with Gasteiger partial charge in [0.05, 0.1) is 0 Å². The van der Waals surface area contributed by atoms with Crippen LogP contribution in [0.3, 0.4) is 0 Å². The third-order valence-corrected chi connectivity index (χ3v) is 6.42. The monoisotopic (exact) mass is 285 g/mol. The fraction of sp³-hybridized carbons (Fsp3) is 0.556. The molecule has 0 bridgehead atoms. The standard InChI is InChI=1S/C18H23NS/c1-2-19-16(18-14-7-5-8-15(14)18)10-12-11-20-17-9-4-3-6-13(12)17/h3-4,6,9,11,14-16,18-19H,2,5,7-8,10H2,1H3. The van der Waals surface area contributed by atoms with E-state index < -0.39 is 0 Å². The van der Waals surface area contributed by atoms with E-state index in [1.807, 2.05) is 11.3 Å². The number of likely N-dealkylation sites (N-methyl/N-ethyl adjacent to an activating group) is 1. The highest BCUT2D eigenvalue weighted by molar-refractivity contribution is 7.17. The van der Waals surface area contributed by atoms with Crippen LogP contribution in [0.15, 0.2) is 29.6 Å². The van der Waals surface area contributed by atoms with Crippen molar-refractivity contribution >= 4 is 21.4 Å². The number of thiophene rings is 1. The molecule has 3 unspecified atom stereocenters. The van der Waals surface area contributed by atoms with Crippen molar-refractivity contribution < 1.29 is 0 Å². The number of fused-ring (bicyclic) bond motifs is 2. The Bertz CT molecular complexity index is 592. The van der Waals surface area contributed by atoms with E-state index in [0.717, 1.165) is 24.3 Å². The van der Waals surface area contributed by atoms with Gasteiger partial charge in [0.2, 0.25) is 0 Å². The molecule has 1 heterocycles. The summed E-state index contributed by atoms with van der Waals surface area (Å²) in [5, 5.41) is 7.64. The zero-order chi connectivity index (χ0) is 13.5. The first-order valence-corrected chi connectivity index (χ1v) is 8.95. The highest BCUT2D eigenvalue weighted by atomic mass is 32.1. The SMILES string of the molecule is CCNC(Cc1csc2ccccc12)C1C2CCCC21. The number of nitrogens with one attached hydrogen (secondary N) is 1. The highest BCUT2D eigenvalue weighted by Gasteiger charge is 2.55. The van der Waals surface area contributed by atoms with Gasteiger partial charge in [0.25, 0.3) is 0 Å². The molecule has 2 fully saturated rings. The van der Waals surface area contributed by atoms with Gasteiger partial charge in [0.15, 0.2) is 0 Å². The Hall–Kier alpha value is -0.860. The lowest BCUT2D eigenvalue weighted by Crippen LogP contribution is -2.34. The molecule has 0 spiro atoms. The minimum Gasteiger partial charge on any atom is -0.314 e. The van der Waals surface area contributed by atoms with E-state index in [2.05, 4.69) is 41.9 Å². The van der Waals surface area contributed by atoms with Crippen LogP contribution in [0, 0.1) is 17.8 Å². The summed E-state index contributed by atoms with van der Waals surface area (Å²) in [5.74, 6) is 3.05. The van der Waals surface area contributed by atoms with Crippen molar-refractivity contribution in [3.8, 4) is 0 Å². The zero-order valence-corrected chi connectivity index (χ0v) is 13.0. The fourth-order valence-electron chi connectivity index (χ4n) is 4.51. The molecule has 2 aliphatic rings. The summed E-state index contributed by atoms with van der Waals surface area (Å²) >= 11 is 1.90. The average Bonchev–Trinajstić information content (AvgIpc) is 2.84. The molecule has 106 valence electrons. The maximum Gasteiger partial charge on any atom is 0.0345 e. The lowest BCUT2D eigenvalue weighted by atomic mass is 9.97. The third kappa shape index (κ3) is 2.10. The Balaban J connectivity index is 1.56. The Morgan fingerprint density at radius 1 is 1.25 bits per heavy atom. The molecule has 1 N–H and O–H groups in total. The summed E-state index contributed by atoms with van der Waals surface area (Å²) in [6.45, 7) is 3.35. The van der Waals surface area contributed by atoms with Gasteiger partial charge >= 0.3 is 0 Å². The van der Waals surface area contributed by atoms with Gasteiger partial charge in [-0.15, -0.1) is 11.3 Å². The number of hydrogen-bond acceptors (Lipinski definition) is 2. The molecular weight excluding hydrogens is 262 g/mol. The van der Waals surface area contributed by atoms with Crippen LogP contribution in [0.25, 0.3) is 10.1 Å². The van der Waals surface area contributed by atoms with E-state index in [0.29, 0.717) is 6.04 Å². The van der Waals surface area contributed by atoms with Crippen molar-refractivity contribution in [3.05, 3.63) is 35.2 Å². The molecule has 3 atom stereocenters. The second-order valence-electron chi connectivity index (χ2n) is 6.46. The van der Waals surface area contributed by atoms with Gasteiger partial charge in [-0.1, -0.05) is 31.5 Å². The van der Waals surface area contributed by atoms with Gasteiger partial charge in [-0.2, -0.15) is 0 Å². The quantitative estimate of drug-likeness (QED) is 0.854. The highest BCUT2D eigenvalue weighted by Crippen LogP contribution is 2.59. The first-order valence-electron chi connectivity index (χ1n) is 8.07. The Morgan fingerprint density at radius 2 is 2.05 bits per heavy atom. The van der Waals surface area contributed by atoms with E-state index in [9.17, 15) is 0 Å². The van der Waals surface area contributed by atoms with Crippen LogP contribution >= 0.6 is 11.3 Å².